The van der Waals surface area contributed by atoms with Gasteiger partial charge in [-0.15, -0.1) is 11.6 Å². The fourth-order valence-electron chi connectivity index (χ4n) is 1.85. The van der Waals surface area contributed by atoms with Gasteiger partial charge >= 0.3 is 0 Å². The lowest BCUT2D eigenvalue weighted by Crippen LogP contribution is -2.42. The maximum atomic E-state index is 11.5. The van der Waals surface area contributed by atoms with Gasteiger partial charge in [-0.3, -0.25) is 4.79 Å². The maximum Gasteiger partial charge on any atom is 0.237 e. The van der Waals surface area contributed by atoms with Gasteiger partial charge in [-0.2, -0.15) is 0 Å². The molecule has 0 bridgehead atoms. The molecular weight excluding hydrogens is 238 g/mol. The minimum Gasteiger partial charge on any atom is -0.338 e. The fourth-order valence-corrected chi connectivity index (χ4v) is 3.73. The van der Waals surface area contributed by atoms with Crippen molar-refractivity contribution in [2.45, 2.75) is 25.8 Å². The smallest absolute Gasteiger partial charge is 0.237 e. The molecule has 1 unspecified atom stereocenters. The molecule has 6 heteroatoms. The second-order valence-electron chi connectivity index (χ2n) is 3.78. The zero-order valence-corrected chi connectivity index (χ0v) is 10.4. The largest absolute Gasteiger partial charge is 0.338 e. The molecule has 1 atom stereocenters. The van der Waals surface area contributed by atoms with E-state index in [0.29, 0.717) is 13.0 Å². The summed E-state index contributed by atoms with van der Waals surface area (Å²) in [6, 6.07) is -0.166. The topological polar surface area (TPSA) is 54.5 Å². The molecule has 0 aromatic rings. The SMILES string of the molecule is CCCN(C(=O)CCl)C1CCS(=O)(=O)C1. The predicted molar refractivity (Wildman–Crippen MR) is 59.8 cm³/mol. The normalized spacial score (nSPS) is 24.0. The van der Waals surface area contributed by atoms with Crippen LogP contribution < -0.4 is 0 Å². The van der Waals surface area contributed by atoms with Crippen LogP contribution in [0.4, 0.5) is 0 Å². The Kier molecular flexibility index (Phi) is 4.40. The summed E-state index contributed by atoms with van der Waals surface area (Å²) in [6.45, 7) is 2.55. The Morgan fingerprint density at radius 3 is 2.60 bits per heavy atom. The number of alkyl halides is 1. The third-order valence-corrected chi connectivity index (χ3v) is 4.53. The van der Waals surface area contributed by atoms with Gasteiger partial charge in [-0.1, -0.05) is 6.92 Å². The van der Waals surface area contributed by atoms with Crippen molar-refractivity contribution in [2.24, 2.45) is 0 Å². The molecule has 0 N–H and O–H groups in total. The van der Waals surface area contributed by atoms with E-state index in [1.165, 1.54) is 0 Å². The summed E-state index contributed by atoms with van der Waals surface area (Å²) in [5.41, 5.74) is 0. The first kappa shape index (κ1) is 12.8. The number of hydrogen-bond acceptors (Lipinski definition) is 3. The molecule has 0 aliphatic carbocycles. The fraction of sp³-hybridized carbons (Fsp3) is 0.889. The van der Waals surface area contributed by atoms with Gasteiger partial charge in [0.1, 0.15) is 5.88 Å². The number of hydrogen-bond donors (Lipinski definition) is 0. The monoisotopic (exact) mass is 253 g/mol. The zero-order chi connectivity index (χ0) is 11.5. The Morgan fingerprint density at radius 1 is 1.53 bits per heavy atom. The van der Waals surface area contributed by atoms with Crippen molar-refractivity contribution in [3.8, 4) is 0 Å². The Bertz CT molecular complexity index is 328. The number of rotatable bonds is 4. The van der Waals surface area contributed by atoms with Gasteiger partial charge in [0, 0.05) is 12.6 Å². The van der Waals surface area contributed by atoms with Crippen LogP contribution in [0, 0.1) is 0 Å². The van der Waals surface area contributed by atoms with Crippen LogP contribution in [-0.2, 0) is 14.6 Å². The highest BCUT2D eigenvalue weighted by Crippen LogP contribution is 2.18. The molecule has 0 radical (unpaired) electrons. The van der Waals surface area contributed by atoms with Crippen LogP contribution in [0.3, 0.4) is 0 Å². The minimum atomic E-state index is -2.94. The van der Waals surface area contributed by atoms with Crippen molar-refractivity contribution in [3.05, 3.63) is 0 Å². The van der Waals surface area contributed by atoms with E-state index in [-0.39, 0.29) is 29.3 Å². The van der Waals surface area contributed by atoms with E-state index < -0.39 is 9.84 Å². The molecule has 0 aromatic carbocycles. The summed E-state index contributed by atoms with van der Waals surface area (Å²) in [6.07, 6.45) is 1.37. The highest BCUT2D eigenvalue weighted by atomic mass is 35.5. The second-order valence-corrected chi connectivity index (χ2v) is 6.27. The molecule has 0 saturated carbocycles. The van der Waals surface area contributed by atoms with Gasteiger partial charge in [0.05, 0.1) is 11.5 Å². The van der Waals surface area contributed by atoms with E-state index in [2.05, 4.69) is 0 Å². The lowest BCUT2D eigenvalue weighted by molar-refractivity contribution is -0.130. The summed E-state index contributed by atoms with van der Waals surface area (Å²) in [5.74, 6) is 0.0419. The van der Waals surface area contributed by atoms with E-state index in [1.807, 2.05) is 6.92 Å². The zero-order valence-electron chi connectivity index (χ0n) is 8.78. The Hall–Kier alpha value is -0.290. The second kappa shape index (κ2) is 5.16. The van der Waals surface area contributed by atoms with Gasteiger partial charge in [0.15, 0.2) is 9.84 Å². The first-order valence-corrected chi connectivity index (χ1v) is 7.41. The molecule has 4 nitrogen and oxygen atoms in total. The van der Waals surface area contributed by atoms with Crippen molar-refractivity contribution < 1.29 is 13.2 Å². The molecular formula is C9H16ClNO3S. The molecule has 1 amide bonds. The average Bonchev–Trinajstić information content (AvgIpc) is 2.54. The molecule has 1 aliphatic heterocycles. The minimum absolute atomic E-state index is 0.0729. The molecule has 0 spiro atoms. The highest BCUT2D eigenvalue weighted by molar-refractivity contribution is 7.91. The van der Waals surface area contributed by atoms with Gasteiger partial charge in [0.25, 0.3) is 0 Å². The number of amides is 1. The van der Waals surface area contributed by atoms with Crippen molar-refractivity contribution in [2.75, 3.05) is 23.9 Å². The third kappa shape index (κ3) is 3.34. The van der Waals surface area contributed by atoms with Gasteiger partial charge in [-0.05, 0) is 12.8 Å². The first-order valence-electron chi connectivity index (χ1n) is 5.06. The standard InChI is InChI=1S/C9H16ClNO3S/c1-2-4-11(9(12)6-10)8-3-5-15(13,14)7-8/h8H,2-7H2,1H3. The summed E-state index contributed by atoms with van der Waals surface area (Å²) >= 11 is 5.49. The van der Waals surface area contributed by atoms with Crippen molar-refractivity contribution in [1.29, 1.82) is 0 Å². The van der Waals surface area contributed by atoms with Crippen LogP contribution in [-0.4, -0.2) is 49.2 Å². The lowest BCUT2D eigenvalue weighted by atomic mass is 10.2. The van der Waals surface area contributed by atoms with Crippen LogP contribution in [0.25, 0.3) is 0 Å². The van der Waals surface area contributed by atoms with E-state index in [9.17, 15) is 13.2 Å². The highest BCUT2D eigenvalue weighted by Gasteiger charge is 2.33. The predicted octanol–water partition coefficient (Wildman–Crippen LogP) is 0.651. The summed E-state index contributed by atoms with van der Waals surface area (Å²) in [4.78, 5) is 13.1. The molecule has 88 valence electrons. The van der Waals surface area contributed by atoms with Gasteiger partial charge < -0.3 is 4.90 Å². The molecule has 1 rings (SSSR count). The molecule has 15 heavy (non-hydrogen) atoms. The van der Waals surface area contributed by atoms with E-state index in [4.69, 9.17) is 11.6 Å². The number of halogens is 1. The molecule has 1 fully saturated rings. The van der Waals surface area contributed by atoms with Gasteiger partial charge in [-0.25, -0.2) is 8.42 Å². The van der Waals surface area contributed by atoms with Crippen LogP contribution >= 0.6 is 11.6 Å². The van der Waals surface area contributed by atoms with Crippen LogP contribution in [0.2, 0.25) is 0 Å². The summed E-state index contributed by atoms with van der Waals surface area (Å²) in [7, 11) is -2.94. The molecule has 0 aromatic heterocycles. The van der Waals surface area contributed by atoms with Crippen LogP contribution in [0.1, 0.15) is 19.8 Å². The van der Waals surface area contributed by atoms with Gasteiger partial charge in [0.2, 0.25) is 5.91 Å². The van der Waals surface area contributed by atoms with Crippen LogP contribution in [0.5, 0.6) is 0 Å². The molecule has 1 heterocycles. The maximum absolute atomic E-state index is 11.5. The number of nitrogens with zero attached hydrogens (tertiary/aromatic N) is 1. The number of carbonyl (C=O) groups excluding carboxylic acids is 1. The van der Waals surface area contributed by atoms with E-state index in [1.54, 1.807) is 4.90 Å². The Labute approximate surface area is 95.5 Å². The van der Waals surface area contributed by atoms with E-state index >= 15 is 0 Å². The molecule has 1 aliphatic rings. The third-order valence-electron chi connectivity index (χ3n) is 2.55. The number of carbonyl (C=O) groups is 1. The Morgan fingerprint density at radius 2 is 2.20 bits per heavy atom. The van der Waals surface area contributed by atoms with E-state index in [0.717, 1.165) is 6.42 Å². The summed E-state index contributed by atoms with van der Waals surface area (Å²) < 4.78 is 22.6. The first-order chi connectivity index (χ1) is 7.00. The van der Waals surface area contributed by atoms with Crippen molar-refractivity contribution in [3.63, 3.8) is 0 Å². The average molecular weight is 254 g/mol. The van der Waals surface area contributed by atoms with Crippen LogP contribution in [0.15, 0.2) is 0 Å². The Balaban J connectivity index is 2.69. The quantitative estimate of drug-likeness (QED) is 0.692. The summed E-state index contributed by atoms with van der Waals surface area (Å²) in [5, 5.41) is 0. The van der Waals surface area contributed by atoms with Crippen molar-refractivity contribution >= 4 is 27.3 Å². The molecule has 1 saturated heterocycles. The van der Waals surface area contributed by atoms with Crippen molar-refractivity contribution in [1.82, 2.24) is 4.90 Å². The lowest BCUT2D eigenvalue weighted by Gasteiger charge is -2.27. The number of sulfone groups is 1.